The summed E-state index contributed by atoms with van der Waals surface area (Å²) < 4.78 is 7.04. The van der Waals surface area contributed by atoms with Crippen molar-refractivity contribution in [2.24, 2.45) is 17.8 Å². The molecule has 0 atom stereocenters. The fraction of sp³-hybridized carbons (Fsp3) is 0.280. The average Bonchev–Trinajstić information content (AvgIpc) is 4.01. The molecule has 0 fully saturated rings. The fourth-order valence-electron chi connectivity index (χ4n) is 6.12. The van der Waals surface area contributed by atoms with Gasteiger partial charge >= 0.3 is 14.2 Å². The molecule has 0 unspecified atom stereocenters. The lowest BCUT2D eigenvalue weighted by molar-refractivity contribution is 0.424. The van der Waals surface area contributed by atoms with Gasteiger partial charge in [-0.05, 0) is 150 Å². The van der Waals surface area contributed by atoms with Gasteiger partial charge in [-0.3, -0.25) is 5.10 Å². The van der Waals surface area contributed by atoms with Crippen molar-refractivity contribution in [1.82, 2.24) is 44.7 Å². The lowest BCUT2D eigenvalue weighted by Gasteiger charge is -2.09. The number of hydrogen-bond acceptors (Lipinski definition) is 10. The molecule has 376 valence electrons. The monoisotopic (exact) mass is 1340 g/mol. The highest BCUT2D eigenvalue weighted by atomic mass is 79.9. The van der Waals surface area contributed by atoms with Crippen molar-refractivity contribution in [3.8, 4) is 33.6 Å². The van der Waals surface area contributed by atoms with E-state index >= 15 is 0 Å². The normalized spacial score (nSPS) is 10.4. The van der Waals surface area contributed by atoms with Gasteiger partial charge in [-0.25, -0.2) is 14.3 Å². The number of aromatic amines is 1. The first-order chi connectivity index (χ1) is 33.6. The Morgan fingerprint density at radius 2 is 0.944 bits per heavy atom. The Balaban J connectivity index is 0.000000239. The molecular weight excluding hydrogens is 1290 g/mol. The van der Waals surface area contributed by atoms with E-state index in [-0.39, 0.29) is 0 Å². The standard InChI is InChI=1S/C18H18BrN3.C12H11BO2.C8H11BO2.C6H9Br2N3.C4H9Br.C2HBr2N3/c1-13(2)12-22-17(20-18(19)21-22)16-10-6-9-15(11-16)14-7-4-3-5-8-14;14-13(15)12-8-4-7-11(9-12)10-5-2-1-3-6-10;1-6-3-7(2)5-8(4-6)9(10)11;1-4(2)3-11-6(8)9-5(7)10-11;1-4(2)3-5;3-1-5-2(4)7-6-1/h3-11,13H,12H2,1-2H3;1-9,14-15H;3-5,10-11H,1-2H3;4H,3H2,1-2H3;4H,3H2,1-2H3;(H,5,6,7). The second kappa shape index (κ2) is 32.5. The van der Waals surface area contributed by atoms with E-state index in [2.05, 4.69) is 221 Å². The molecule has 3 heterocycles. The molecule has 0 aliphatic carbocycles. The molecule has 0 spiro atoms. The third kappa shape index (κ3) is 23.9. The summed E-state index contributed by atoms with van der Waals surface area (Å²) >= 11 is 19.3. The number of alkyl halides is 1. The zero-order valence-electron chi connectivity index (χ0n) is 40.8. The molecule has 8 aromatic rings. The molecule has 0 aliphatic heterocycles. The van der Waals surface area contributed by atoms with Crippen LogP contribution in [0.25, 0.3) is 33.6 Å². The van der Waals surface area contributed by atoms with E-state index < -0.39 is 14.2 Å². The number of hydrogen-bond donors (Lipinski definition) is 5. The number of nitrogens with one attached hydrogen (secondary N) is 1. The summed E-state index contributed by atoms with van der Waals surface area (Å²) in [6, 6.07) is 41.4. The van der Waals surface area contributed by atoms with Crippen molar-refractivity contribution in [3.63, 3.8) is 0 Å². The number of rotatable bonds is 10. The quantitative estimate of drug-likeness (QED) is 0.0652. The molecule has 0 radical (unpaired) electrons. The second-order valence-electron chi connectivity index (χ2n) is 17.1. The number of aryl methyl sites for hydroxylation is 2. The van der Waals surface area contributed by atoms with Crippen LogP contribution in [0.2, 0.25) is 0 Å². The van der Waals surface area contributed by atoms with Gasteiger partial charge in [0.1, 0.15) is 0 Å². The minimum atomic E-state index is -1.41. The van der Waals surface area contributed by atoms with Crippen LogP contribution in [-0.4, -0.2) is 84.4 Å². The van der Waals surface area contributed by atoms with E-state index in [9.17, 15) is 0 Å². The predicted octanol–water partition coefficient (Wildman–Crippen LogP) is 11.9. The molecule has 0 aliphatic rings. The molecule has 13 nitrogen and oxygen atoms in total. The highest BCUT2D eigenvalue weighted by Crippen LogP contribution is 2.27. The van der Waals surface area contributed by atoms with Gasteiger partial charge in [-0.1, -0.05) is 190 Å². The Bertz CT molecular complexity index is 2730. The smallest absolute Gasteiger partial charge is 0.423 e. The number of aromatic nitrogens is 9. The van der Waals surface area contributed by atoms with Gasteiger partial charge in [0, 0.05) is 24.0 Å². The van der Waals surface area contributed by atoms with Crippen LogP contribution in [0.1, 0.15) is 52.7 Å². The minimum absolute atomic E-state index is 0.511. The molecule has 21 heteroatoms. The first-order valence-electron chi connectivity index (χ1n) is 22.4. The largest absolute Gasteiger partial charge is 0.488 e. The second-order valence-corrected chi connectivity index (χ2v) is 21.3. The maximum atomic E-state index is 9.05. The van der Waals surface area contributed by atoms with Crippen molar-refractivity contribution in [1.29, 1.82) is 0 Å². The summed E-state index contributed by atoms with van der Waals surface area (Å²) in [5.41, 5.74) is 8.70. The summed E-state index contributed by atoms with van der Waals surface area (Å²) in [6.45, 7) is 18.6. The summed E-state index contributed by atoms with van der Waals surface area (Å²) in [4.78, 5) is 12.4. The topological polar surface area (TPSA) is 184 Å². The van der Waals surface area contributed by atoms with Gasteiger partial charge in [0.05, 0.1) is 0 Å². The molecule has 0 amide bonds. The van der Waals surface area contributed by atoms with Gasteiger partial charge in [0.25, 0.3) is 0 Å². The van der Waals surface area contributed by atoms with E-state index in [0.717, 1.165) is 62.7 Å². The zero-order valence-corrected chi connectivity index (χ0v) is 50.3. The number of benzene rings is 5. The lowest BCUT2D eigenvalue weighted by Crippen LogP contribution is -2.30. The van der Waals surface area contributed by atoms with Crippen molar-refractivity contribution in [2.75, 3.05) is 5.33 Å². The van der Waals surface area contributed by atoms with Gasteiger partial charge in [0.2, 0.25) is 14.2 Å². The molecule has 0 saturated heterocycles. The summed E-state index contributed by atoms with van der Waals surface area (Å²) in [6.07, 6.45) is 0. The van der Waals surface area contributed by atoms with Crippen molar-refractivity contribution < 1.29 is 20.1 Å². The number of nitrogens with zero attached hydrogens (tertiary/aromatic N) is 8. The van der Waals surface area contributed by atoms with Crippen LogP contribution >= 0.6 is 95.6 Å². The van der Waals surface area contributed by atoms with Crippen LogP contribution < -0.4 is 10.9 Å². The Labute approximate surface area is 468 Å². The van der Waals surface area contributed by atoms with Crippen LogP contribution in [-0.2, 0) is 13.1 Å². The highest BCUT2D eigenvalue weighted by molar-refractivity contribution is 9.11. The Morgan fingerprint density at radius 3 is 1.37 bits per heavy atom. The number of H-pyrrole nitrogens is 1. The zero-order chi connectivity index (χ0) is 52.6. The van der Waals surface area contributed by atoms with Crippen molar-refractivity contribution >= 4 is 121 Å². The van der Waals surface area contributed by atoms with Gasteiger partial charge in [-0.2, -0.15) is 9.97 Å². The Morgan fingerprint density at radius 1 is 0.493 bits per heavy atom. The summed E-state index contributed by atoms with van der Waals surface area (Å²) in [5, 5.41) is 51.7. The van der Waals surface area contributed by atoms with E-state index in [1.165, 1.54) is 11.1 Å². The van der Waals surface area contributed by atoms with Gasteiger partial charge in [-0.15, -0.1) is 15.3 Å². The van der Waals surface area contributed by atoms with E-state index in [4.69, 9.17) is 20.1 Å². The Kier molecular flexibility index (Phi) is 28.3. The first-order valence-corrected chi connectivity index (χ1v) is 27.5. The molecule has 71 heavy (non-hydrogen) atoms. The van der Waals surface area contributed by atoms with Gasteiger partial charge < -0.3 is 20.1 Å². The van der Waals surface area contributed by atoms with Crippen LogP contribution in [0.4, 0.5) is 0 Å². The van der Waals surface area contributed by atoms with E-state index in [1.54, 1.807) is 24.3 Å². The maximum absolute atomic E-state index is 9.05. The molecule has 3 aromatic heterocycles. The highest BCUT2D eigenvalue weighted by Gasteiger charge is 2.14. The lowest BCUT2D eigenvalue weighted by atomic mass is 9.79. The SMILES string of the molecule is Brc1n[nH]c(Br)n1.CC(C)CBr.CC(C)Cn1nc(Br)nc1-c1cccc(-c2ccccc2)c1.CC(C)Cn1nc(Br)nc1Br.Cc1cc(C)cc(B(O)O)c1.OB(O)c1cccc(-c2ccccc2)c1. The maximum Gasteiger partial charge on any atom is 0.488 e. The predicted molar refractivity (Wildman–Crippen MR) is 312 cm³/mol. The van der Waals surface area contributed by atoms with Crippen LogP contribution in [0.3, 0.4) is 0 Å². The molecule has 0 bridgehead atoms. The van der Waals surface area contributed by atoms with E-state index in [0.29, 0.717) is 41.7 Å². The molecule has 8 rings (SSSR count). The molecule has 5 aromatic carbocycles. The number of halogens is 6. The van der Waals surface area contributed by atoms with Crippen LogP contribution in [0.15, 0.2) is 151 Å². The first kappa shape index (κ1) is 61.7. The molecule has 5 N–H and O–H groups in total. The van der Waals surface area contributed by atoms with Crippen molar-refractivity contribution in [3.05, 3.63) is 162 Å². The van der Waals surface area contributed by atoms with Crippen LogP contribution in [0, 0.1) is 31.6 Å². The Hall–Kier alpha value is -3.63. The fourth-order valence-corrected chi connectivity index (χ4v) is 8.23. The van der Waals surface area contributed by atoms with Crippen molar-refractivity contribution in [2.45, 2.75) is 68.5 Å². The average molecular weight is 1350 g/mol. The third-order valence-electron chi connectivity index (χ3n) is 9.12. The molecule has 0 saturated carbocycles. The summed E-state index contributed by atoms with van der Waals surface area (Å²) in [5.74, 6) is 2.80. The van der Waals surface area contributed by atoms with Gasteiger partial charge in [0.15, 0.2) is 15.3 Å². The summed E-state index contributed by atoms with van der Waals surface area (Å²) in [7, 11) is -2.76. The minimum Gasteiger partial charge on any atom is -0.423 e. The van der Waals surface area contributed by atoms with Crippen LogP contribution in [0.5, 0.6) is 0 Å². The molecular formula is C50H59B2Br6N9O4. The third-order valence-corrected chi connectivity index (χ3v) is 12.4. The van der Waals surface area contributed by atoms with E-state index in [1.807, 2.05) is 77.8 Å².